The highest BCUT2D eigenvalue weighted by molar-refractivity contribution is 7.85. The number of carbonyl (C=O) groups excluding carboxylic acids is 2. The summed E-state index contributed by atoms with van der Waals surface area (Å²) in [6.07, 6.45) is -0.183. The first-order valence-electron chi connectivity index (χ1n) is 10.1. The van der Waals surface area contributed by atoms with E-state index in [1.807, 2.05) is 6.07 Å². The van der Waals surface area contributed by atoms with Crippen molar-refractivity contribution < 1.29 is 27.7 Å². The van der Waals surface area contributed by atoms with E-state index in [1.54, 1.807) is 24.4 Å². The summed E-state index contributed by atoms with van der Waals surface area (Å²) in [5.74, 6) is 1.53. The number of hydrogen-bond donors (Lipinski definition) is 1. The van der Waals surface area contributed by atoms with Crippen LogP contribution >= 0.6 is 0 Å². The number of carbonyl (C=O) groups is 2. The third kappa shape index (κ3) is 4.82. The highest BCUT2D eigenvalue weighted by Crippen LogP contribution is 2.29. The van der Waals surface area contributed by atoms with Gasteiger partial charge in [0.25, 0.3) is 0 Å². The molecule has 4 rings (SSSR count). The standard InChI is InChI=1S/C21H23FN4O5S/c1-30-20(27)24-12-16-13-26(21(28)31-16)15-3-4-17(18(22)10-15)14-2-5-19(23-11-14)25-6-8-32(29)9-7-25/h2-5,10-11,16H,6-9,12-13H2,1H3,(H,24,27). The largest absolute Gasteiger partial charge is 0.453 e. The number of ether oxygens (including phenoxy) is 2. The van der Waals surface area contributed by atoms with Gasteiger partial charge in [0.15, 0.2) is 0 Å². The van der Waals surface area contributed by atoms with Crippen molar-refractivity contribution in [2.75, 3.05) is 54.6 Å². The third-order valence-electron chi connectivity index (χ3n) is 5.36. The van der Waals surface area contributed by atoms with E-state index in [2.05, 4.69) is 19.9 Å². The van der Waals surface area contributed by atoms with Gasteiger partial charge in [-0.15, -0.1) is 0 Å². The van der Waals surface area contributed by atoms with Crippen molar-refractivity contribution in [2.24, 2.45) is 0 Å². The molecule has 1 N–H and O–H groups in total. The summed E-state index contributed by atoms with van der Waals surface area (Å²) in [7, 11) is 0.478. The van der Waals surface area contributed by atoms with Crippen LogP contribution in [0.2, 0.25) is 0 Å². The average molecular weight is 463 g/mol. The maximum atomic E-state index is 14.9. The highest BCUT2D eigenvalue weighted by Gasteiger charge is 2.33. The van der Waals surface area contributed by atoms with Crippen LogP contribution < -0.4 is 15.1 Å². The first-order valence-corrected chi connectivity index (χ1v) is 11.6. The zero-order valence-electron chi connectivity index (χ0n) is 17.5. The van der Waals surface area contributed by atoms with E-state index < -0.39 is 34.9 Å². The molecule has 0 saturated carbocycles. The molecule has 0 radical (unpaired) electrons. The molecule has 1 unspecified atom stereocenters. The van der Waals surface area contributed by atoms with Crippen LogP contribution in [0.15, 0.2) is 36.5 Å². The van der Waals surface area contributed by atoms with E-state index in [0.717, 1.165) is 5.82 Å². The lowest BCUT2D eigenvalue weighted by atomic mass is 10.1. The Hall–Kier alpha value is -3.21. The summed E-state index contributed by atoms with van der Waals surface area (Å²) >= 11 is 0. The molecule has 2 aliphatic rings. The van der Waals surface area contributed by atoms with Gasteiger partial charge < -0.3 is 19.7 Å². The van der Waals surface area contributed by atoms with Crippen LogP contribution in [0.3, 0.4) is 0 Å². The molecule has 1 atom stereocenters. The second-order valence-electron chi connectivity index (χ2n) is 7.39. The first kappa shape index (κ1) is 22.0. The Morgan fingerprint density at radius 3 is 2.75 bits per heavy atom. The van der Waals surface area contributed by atoms with Crippen LogP contribution in [0.1, 0.15) is 0 Å². The molecule has 32 heavy (non-hydrogen) atoms. The number of nitrogens with zero attached hydrogens (tertiary/aromatic N) is 3. The van der Waals surface area contributed by atoms with Crippen molar-refractivity contribution in [3.8, 4) is 11.1 Å². The van der Waals surface area contributed by atoms with Gasteiger partial charge in [-0.1, -0.05) is 0 Å². The van der Waals surface area contributed by atoms with Gasteiger partial charge in [0.2, 0.25) is 0 Å². The Balaban J connectivity index is 1.43. The number of alkyl carbamates (subject to hydrolysis) is 1. The van der Waals surface area contributed by atoms with Crippen molar-refractivity contribution in [3.63, 3.8) is 0 Å². The zero-order chi connectivity index (χ0) is 22.7. The fourth-order valence-corrected chi connectivity index (χ4v) is 4.67. The minimum Gasteiger partial charge on any atom is -0.453 e. The number of benzene rings is 1. The predicted molar refractivity (Wildman–Crippen MR) is 118 cm³/mol. The number of rotatable bonds is 5. The van der Waals surface area contributed by atoms with Crippen molar-refractivity contribution in [1.29, 1.82) is 0 Å². The van der Waals surface area contributed by atoms with Crippen molar-refractivity contribution >= 4 is 34.5 Å². The number of hydrogen-bond acceptors (Lipinski definition) is 7. The summed E-state index contributed by atoms with van der Waals surface area (Å²) in [6.45, 7) is 1.65. The van der Waals surface area contributed by atoms with Crippen molar-refractivity contribution in [3.05, 3.63) is 42.3 Å². The summed E-state index contributed by atoms with van der Waals surface area (Å²) in [6, 6.07) is 8.14. The Morgan fingerprint density at radius 1 is 1.31 bits per heavy atom. The molecule has 170 valence electrons. The normalized spacial score (nSPS) is 19.1. The van der Waals surface area contributed by atoms with E-state index >= 15 is 0 Å². The van der Waals surface area contributed by atoms with Crippen LogP contribution in [-0.2, 0) is 20.3 Å². The maximum absolute atomic E-state index is 14.9. The minimum absolute atomic E-state index is 0.0976. The molecule has 0 bridgehead atoms. The van der Waals surface area contributed by atoms with Crippen LogP contribution in [0.25, 0.3) is 11.1 Å². The molecular weight excluding hydrogens is 439 g/mol. The van der Waals surface area contributed by atoms with Crippen molar-refractivity contribution in [2.45, 2.75) is 6.10 Å². The van der Waals surface area contributed by atoms with Gasteiger partial charge in [0, 0.05) is 52.7 Å². The number of halogens is 1. The fourth-order valence-electron chi connectivity index (χ4n) is 3.61. The van der Waals surface area contributed by atoms with E-state index in [-0.39, 0.29) is 13.1 Å². The van der Waals surface area contributed by atoms with Crippen LogP contribution in [0.5, 0.6) is 0 Å². The van der Waals surface area contributed by atoms with Gasteiger partial charge in [0.05, 0.1) is 25.9 Å². The van der Waals surface area contributed by atoms with Crippen LogP contribution in [0, 0.1) is 5.82 Å². The lowest BCUT2D eigenvalue weighted by Gasteiger charge is -2.27. The number of methoxy groups -OCH3 is 1. The summed E-state index contributed by atoms with van der Waals surface area (Å²) in [5, 5.41) is 2.47. The molecule has 9 nitrogen and oxygen atoms in total. The van der Waals surface area contributed by atoms with Gasteiger partial charge >= 0.3 is 12.2 Å². The second-order valence-corrected chi connectivity index (χ2v) is 9.09. The number of aromatic nitrogens is 1. The van der Waals surface area contributed by atoms with Crippen LogP contribution in [-0.4, -0.2) is 72.3 Å². The Morgan fingerprint density at radius 2 is 2.09 bits per heavy atom. The summed E-state index contributed by atoms with van der Waals surface area (Å²) in [4.78, 5) is 31.2. The van der Waals surface area contributed by atoms with Gasteiger partial charge in [-0.2, -0.15) is 0 Å². The molecule has 0 aliphatic carbocycles. The van der Waals surface area contributed by atoms with Gasteiger partial charge in [-0.3, -0.25) is 9.11 Å². The monoisotopic (exact) mass is 462 g/mol. The molecule has 2 aliphatic heterocycles. The number of pyridine rings is 1. The average Bonchev–Trinajstić information content (AvgIpc) is 3.18. The predicted octanol–water partition coefficient (Wildman–Crippen LogP) is 2.14. The molecule has 2 aromatic rings. The number of nitrogens with one attached hydrogen (secondary N) is 1. The quantitative estimate of drug-likeness (QED) is 0.727. The lowest BCUT2D eigenvalue weighted by Crippen LogP contribution is -2.38. The molecule has 3 heterocycles. The lowest BCUT2D eigenvalue weighted by molar-refractivity contribution is 0.132. The number of amides is 2. The Labute approximate surface area is 187 Å². The number of cyclic esters (lactones) is 1. The molecule has 1 aromatic carbocycles. The van der Waals surface area contributed by atoms with E-state index in [1.165, 1.54) is 18.1 Å². The van der Waals surface area contributed by atoms with Crippen LogP contribution in [0.4, 0.5) is 25.5 Å². The fraction of sp³-hybridized carbons (Fsp3) is 0.381. The van der Waals surface area contributed by atoms with E-state index in [9.17, 15) is 18.2 Å². The zero-order valence-corrected chi connectivity index (χ0v) is 18.3. The first-order chi connectivity index (χ1) is 15.4. The van der Waals surface area contributed by atoms with E-state index in [4.69, 9.17) is 4.74 Å². The second kappa shape index (κ2) is 9.51. The smallest absolute Gasteiger partial charge is 0.414 e. The van der Waals surface area contributed by atoms with Gasteiger partial charge in [-0.05, 0) is 30.3 Å². The third-order valence-corrected chi connectivity index (χ3v) is 6.63. The summed E-state index contributed by atoms with van der Waals surface area (Å²) < 4.78 is 36.1. The Kier molecular flexibility index (Phi) is 6.54. The number of anilines is 2. The van der Waals surface area contributed by atoms with Crippen molar-refractivity contribution in [1.82, 2.24) is 10.3 Å². The topological polar surface area (TPSA) is 101 Å². The minimum atomic E-state index is -0.764. The van der Waals surface area contributed by atoms with Gasteiger partial charge in [-0.25, -0.2) is 19.0 Å². The maximum Gasteiger partial charge on any atom is 0.414 e. The molecule has 1 aromatic heterocycles. The molecular formula is C21H23FN4O5S. The SMILES string of the molecule is COC(=O)NCC1CN(c2ccc(-c3ccc(N4CCS(=O)CC4)nc3)c(F)c2)C(=O)O1. The molecule has 2 saturated heterocycles. The molecule has 0 spiro atoms. The highest BCUT2D eigenvalue weighted by atomic mass is 32.2. The molecule has 11 heteroatoms. The Bertz CT molecular complexity index is 1030. The van der Waals surface area contributed by atoms with E-state index in [0.29, 0.717) is 41.4 Å². The van der Waals surface area contributed by atoms with Gasteiger partial charge in [0.1, 0.15) is 17.7 Å². The molecule has 2 fully saturated rings. The summed E-state index contributed by atoms with van der Waals surface area (Å²) in [5.41, 5.74) is 1.34. The molecule has 2 amide bonds.